The van der Waals surface area contributed by atoms with E-state index in [9.17, 15) is 9.59 Å². The molecule has 3 aromatic carbocycles. The van der Waals surface area contributed by atoms with Crippen LogP contribution in [0.15, 0.2) is 108 Å². The van der Waals surface area contributed by atoms with E-state index in [0.717, 1.165) is 22.8 Å². The number of rotatable bonds is 8. The zero-order valence-corrected chi connectivity index (χ0v) is 21.1. The summed E-state index contributed by atoms with van der Waals surface area (Å²) in [7, 11) is 0. The second kappa shape index (κ2) is 11.8. The van der Waals surface area contributed by atoms with Gasteiger partial charge in [-0.25, -0.2) is 0 Å². The van der Waals surface area contributed by atoms with Gasteiger partial charge >= 0.3 is 0 Å². The smallest absolute Gasteiger partial charge is 0.196 e. The van der Waals surface area contributed by atoms with Crippen molar-refractivity contribution in [2.24, 2.45) is 0 Å². The maximum absolute atomic E-state index is 13.4. The van der Waals surface area contributed by atoms with Crippen LogP contribution in [0.1, 0.15) is 35.0 Å². The number of nitrogens with one attached hydrogen (secondary N) is 1. The predicted octanol–water partition coefficient (Wildman–Crippen LogP) is 5.94. The molecule has 4 rings (SSSR count). The molecule has 0 aliphatic rings. The standard InChI is InChI=1S/C33H30N2O2/c1-4-5-19-28-24(2)35(27-17-10-7-11-18-27)25(3)29(33(28)37)21-14-23-32(36)30-20-12-13-22-31(30)34-26-15-8-6-9-16-26/h4-22,34H,2,23H2,1,3H3/b5-4-,21-14-,28-19+. The minimum atomic E-state index is -0.109. The monoisotopic (exact) mass is 486 g/mol. The largest absolute Gasteiger partial charge is 0.355 e. The first-order valence-corrected chi connectivity index (χ1v) is 12.2. The number of hydrogen-bond donors (Lipinski definition) is 1. The van der Waals surface area contributed by atoms with Gasteiger partial charge in [0.2, 0.25) is 0 Å². The molecule has 37 heavy (non-hydrogen) atoms. The normalized spacial score (nSPS) is 11.9. The lowest BCUT2D eigenvalue weighted by Crippen LogP contribution is -2.46. The van der Waals surface area contributed by atoms with Gasteiger partial charge in [0.1, 0.15) is 0 Å². The van der Waals surface area contributed by atoms with E-state index in [1.807, 2.05) is 115 Å². The molecule has 0 radical (unpaired) electrons. The van der Waals surface area contributed by atoms with Crippen molar-refractivity contribution < 1.29 is 4.79 Å². The second-order valence-electron chi connectivity index (χ2n) is 8.62. The number of ketones is 1. The summed E-state index contributed by atoms with van der Waals surface area (Å²) in [5.41, 5.74) is 4.39. The molecule has 4 aromatic rings. The third-order valence-electron chi connectivity index (χ3n) is 6.13. The molecule has 4 nitrogen and oxygen atoms in total. The van der Waals surface area contributed by atoms with E-state index in [2.05, 4.69) is 11.9 Å². The van der Waals surface area contributed by atoms with Gasteiger partial charge in [0, 0.05) is 50.9 Å². The van der Waals surface area contributed by atoms with Gasteiger partial charge in [-0.3, -0.25) is 9.59 Å². The fourth-order valence-electron chi connectivity index (χ4n) is 4.28. The molecule has 1 N–H and O–H groups in total. The van der Waals surface area contributed by atoms with Crippen LogP contribution < -0.4 is 21.3 Å². The van der Waals surface area contributed by atoms with Crippen LogP contribution in [0.25, 0.3) is 24.4 Å². The Hall–Kier alpha value is -4.70. The zero-order chi connectivity index (χ0) is 26.2. The number of carbonyl (C=O) groups excluding carboxylic acids is 1. The molecule has 1 aromatic heterocycles. The number of pyridine rings is 1. The summed E-state index contributed by atoms with van der Waals surface area (Å²) in [5, 5.41) is 4.47. The predicted molar refractivity (Wildman–Crippen MR) is 155 cm³/mol. The van der Waals surface area contributed by atoms with E-state index in [-0.39, 0.29) is 17.6 Å². The molecule has 0 aliphatic carbocycles. The van der Waals surface area contributed by atoms with Crippen LogP contribution in [0, 0.1) is 6.92 Å². The Kier molecular flexibility index (Phi) is 8.11. The van der Waals surface area contributed by atoms with E-state index in [4.69, 9.17) is 0 Å². The van der Waals surface area contributed by atoms with Crippen LogP contribution in [0.2, 0.25) is 0 Å². The Morgan fingerprint density at radius 3 is 2.30 bits per heavy atom. The molecule has 0 saturated heterocycles. The summed E-state index contributed by atoms with van der Waals surface area (Å²) in [6.07, 6.45) is 9.19. The molecular weight excluding hydrogens is 456 g/mol. The molecule has 0 bridgehead atoms. The van der Waals surface area contributed by atoms with Crippen molar-refractivity contribution in [1.29, 1.82) is 0 Å². The summed E-state index contributed by atoms with van der Waals surface area (Å²) in [5.74, 6) is -0.0363. The van der Waals surface area contributed by atoms with Crippen LogP contribution in [-0.2, 0) is 0 Å². The highest BCUT2D eigenvalue weighted by Gasteiger charge is 2.12. The van der Waals surface area contributed by atoms with Gasteiger partial charge < -0.3 is 9.88 Å². The number of hydrogen-bond acceptors (Lipinski definition) is 3. The second-order valence-corrected chi connectivity index (χ2v) is 8.62. The first kappa shape index (κ1) is 25.4. The number of benzene rings is 3. The van der Waals surface area contributed by atoms with Crippen LogP contribution >= 0.6 is 0 Å². The number of Topliss-reactive ketones (excluding diaryl/α,β-unsaturated/α-hetero) is 1. The Bertz CT molecular complexity index is 1630. The highest BCUT2D eigenvalue weighted by atomic mass is 16.1. The van der Waals surface area contributed by atoms with Crippen molar-refractivity contribution in [3.8, 4) is 5.69 Å². The number of para-hydroxylation sites is 3. The maximum atomic E-state index is 13.4. The number of anilines is 2. The summed E-state index contributed by atoms with van der Waals surface area (Å²) in [6.45, 7) is 8.03. The molecule has 0 amide bonds. The van der Waals surface area contributed by atoms with Crippen LogP contribution in [0.4, 0.5) is 11.4 Å². The maximum Gasteiger partial charge on any atom is 0.196 e. The SMILES string of the molecule is C=c1/c(=C\C=C/C)c(=O)c(/C=C\CC(=O)c2ccccc2Nc2ccccc2)c(C)n1-c1ccccc1. The van der Waals surface area contributed by atoms with Crippen LogP contribution in [-0.4, -0.2) is 10.4 Å². The van der Waals surface area contributed by atoms with E-state index in [1.165, 1.54) is 0 Å². The van der Waals surface area contributed by atoms with Crippen molar-refractivity contribution in [3.63, 3.8) is 0 Å². The molecule has 1 heterocycles. The quantitative estimate of drug-likeness (QED) is 0.314. The van der Waals surface area contributed by atoms with Gasteiger partial charge in [-0.05, 0) is 56.3 Å². The fourth-order valence-corrected chi connectivity index (χ4v) is 4.28. The zero-order valence-electron chi connectivity index (χ0n) is 21.1. The first-order valence-electron chi connectivity index (χ1n) is 12.2. The van der Waals surface area contributed by atoms with Crippen LogP contribution in [0.5, 0.6) is 0 Å². The van der Waals surface area contributed by atoms with Crippen molar-refractivity contribution >= 4 is 35.9 Å². The van der Waals surface area contributed by atoms with E-state index >= 15 is 0 Å². The van der Waals surface area contributed by atoms with Crippen molar-refractivity contribution in [2.45, 2.75) is 20.3 Å². The molecule has 184 valence electrons. The molecule has 0 unspecified atom stereocenters. The number of aromatic nitrogens is 1. The summed E-state index contributed by atoms with van der Waals surface area (Å²) in [4.78, 5) is 26.6. The van der Waals surface area contributed by atoms with Gasteiger partial charge in [-0.2, -0.15) is 0 Å². The van der Waals surface area contributed by atoms with Gasteiger partial charge in [0.05, 0.1) is 0 Å². The Balaban J connectivity index is 1.69. The van der Waals surface area contributed by atoms with E-state index < -0.39 is 0 Å². The van der Waals surface area contributed by atoms with E-state index in [0.29, 0.717) is 21.7 Å². The third-order valence-corrected chi connectivity index (χ3v) is 6.13. The summed E-state index contributed by atoms with van der Waals surface area (Å²) < 4.78 is 1.98. The van der Waals surface area contributed by atoms with Crippen molar-refractivity contribution in [1.82, 2.24) is 4.57 Å². The lowest BCUT2D eigenvalue weighted by molar-refractivity contribution is 0.0997. The minimum Gasteiger partial charge on any atom is -0.355 e. The Morgan fingerprint density at radius 1 is 0.946 bits per heavy atom. The highest BCUT2D eigenvalue weighted by Crippen LogP contribution is 2.22. The Labute approximate surface area is 217 Å². The van der Waals surface area contributed by atoms with Crippen molar-refractivity contribution in [2.75, 3.05) is 5.32 Å². The fraction of sp³-hybridized carbons (Fsp3) is 0.0909. The molecule has 0 aliphatic heterocycles. The lowest BCUT2D eigenvalue weighted by Gasteiger charge is -2.15. The first-order chi connectivity index (χ1) is 18.0. The molecule has 0 atom stereocenters. The topological polar surface area (TPSA) is 51.1 Å². The molecular formula is C33H30N2O2. The molecule has 0 fully saturated rings. The lowest BCUT2D eigenvalue weighted by atomic mass is 10.0. The Morgan fingerprint density at radius 2 is 1.59 bits per heavy atom. The minimum absolute atomic E-state index is 0.0363. The highest BCUT2D eigenvalue weighted by molar-refractivity contribution is 6.02. The molecule has 4 heteroatoms. The summed E-state index contributed by atoms with van der Waals surface area (Å²) >= 11 is 0. The molecule has 0 saturated carbocycles. The van der Waals surface area contributed by atoms with Gasteiger partial charge in [0.15, 0.2) is 11.2 Å². The van der Waals surface area contributed by atoms with Gasteiger partial charge in [0.25, 0.3) is 0 Å². The summed E-state index contributed by atoms with van der Waals surface area (Å²) in [6, 6.07) is 27.0. The average molecular weight is 487 g/mol. The average Bonchev–Trinajstić information content (AvgIpc) is 2.92. The van der Waals surface area contributed by atoms with Crippen molar-refractivity contribution in [3.05, 3.63) is 141 Å². The molecule has 0 spiro atoms. The van der Waals surface area contributed by atoms with E-state index in [1.54, 1.807) is 18.2 Å². The van der Waals surface area contributed by atoms with Crippen LogP contribution in [0.3, 0.4) is 0 Å². The number of carbonyl (C=O) groups is 1. The van der Waals surface area contributed by atoms with Gasteiger partial charge in [-0.1, -0.05) is 79.4 Å². The van der Waals surface area contributed by atoms with Gasteiger partial charge in [-0.15, -0.1) is 0 Å². The number of allylic oxidation sites excluding steroid dienone is 3. The third kappa shape index (κ3) is 5.76. The number of nitrogens with zero attached hydrogens (tertiary/aromatic N) is 1.